The number of hydrogen-bond donors (Lipinski definition) is 4. The van der Waals surface area contributed by atoms with E-state index < -0.39 is 0 Å². The van der Waals surface area contributed by atoms with Crippen molar-refractivity contribution in [2.75, 3.05) is 23.8 Å². The maximum atomic E-state index is 5.99. The highest BCUT2D eigenvalue weighted by atomic mass is 15.4. The van der Waals surface area contributed by atoms with E-state index in [1.54, 1.807) is 6.20 Å². The Morgan fingerprint density at radius 1 is 1.28 bits per heavy atom. The van der Waals surface area contributed by atoms with Gasteiger partial charge in [0.25, 0.3) is 0 Å². The molecule has 1 unspecified atom stereocenters. The summed E-state index contributed by atoms with van der Waals surface area (Å²) in [4.78, 5) is 11.0. The van der Waals surface area contributed by atoms with Crippen LogP contribution in [0.2, 0.25) is 0 Å². The summed E-state index contributed by atoms with van der Waals surface area (Å²) >= 11 is 0. The first-order chi connectivity index (χ1) is 14.0. The summed E-state index contributed by atoms with van der Waals surface area (Å²) in [6, 6.07) is 8.23. The van der Waals surface area contributed by atoms with Crippen LogP contribution in [0.3, 0.4) is 0 Å². The molecule has 1 aliphatic rings. The maximum Gasteiger partial charge on any atom is 0.159 e. The molecule has 3 rings (SSSR count). The number of rotatable bonds is 9. The molecule has 5 N–H and O–H groups in total. The molecule has 1 aromatic carbocycles. The zero-order valence-electron chi connectivity index (χ0n) is 17.3. The molecular formula is C22H31N7. The molecule has 2 aromatic rings. The van der Waals surface area contributed by atoms with E-state index >= 15 is 0 Å². The fourth-order valence-corrected chi connectivity index (χ4v) is 3.14. The molecule has 1 aliphatic heterocycles. The summed E-state index contributed by atoms with van der Waals surface area (Å²) < 4.78 is 0. The highest BCUT2D eigenvalue weighted by Gasteiger charge is 2.25. The van der Waals surface area contributed by atoms with E-state index in [1.165, 1.54) is 19.3 Å². The standard InChI is InChI=1S/C22H31N7/c1-5-6-7-12-24-15(2)17-8-10-18(11-9-17)25-13-19-14-26-21-20(28-19)16(3)27-22(23)29(21)4/h8-11,14,22,24-25,27H,2-3,5-7,12-13,23H2,1,4H3. The Balaban J connectivity index is 1.57. The Labute approximate surface area is 173 Å². The van der Waals surface area contributed by atoms with Crippen molar-refractivity contribution in [1.82, 2.24) is 20.6 Å². The van der Waals surface area contributed by atoms with Crippen LogP contribution >= 0.6 is 0 Å². The lowest BCUT2D eigenvalue weighted by Crippen LogP contribution is -2.53. The number of aromatic nitrogens is 2. The van der Waals surface area contributed by atoms with Crippen molar-refractivity contribution >= 4 is 22.9 Å². The third kappa shape index (κ3) is 5.06. The van der Waals surface area contributed by atoms with Crippen LogP contribution in [-0.4, -0.2) is 29.9 Å². The first kappa shape index (κ1) is 20.7. The minimum Gasteiger partial charge on any atom is -0.385 e. The largest absolute Gasteiger partial charge is 0.385 e. The number of benzene rings is 1. The molecule has 7 heteroatoms. The Morgan fingerprint density at radius 3 is 2.76 bits per heavy atom. The summed E-state index contributed by atoms with van der Waals surface area (Å²) in [6.45, 7) is 11.9. The number of unbranched alkanes of at least 4 members (excludes halogenated alkanes) is 2. The Hall–Kier alpha value is -3.06. The van der Waals surface area contributed by atoms with Crippen molar-refractivity contribution in [2.24, 2.45) is 5.73 Å². The smallest absolute Gasteiger partial charge is 0.159 e. The average molecular weight is 394 g/mol. The molecule has 0 spiro atoms. The van der Waals surface area contributed by atoms with E-state index in [9.17, 15) is 0 Å². The van der Waals surface area contributed by atoms with Crippen molar-refractivity contribution in [1.29, 1.82) is 0 Å². The summed E-state index contributed by atoms with van der Waals surface area (Å²) in [5.74, 6) is 0.735. The van der Waals surface area contributed by atoms with Crippen LogP contribution in [-0.2, 0) is 6.54 Å². The Morgan fingerprint density at radius 2 is 2.03 bits per heavy atom. The van der Waals surface area contributed by atoms with Gasteiger partial charge in [0.2, 0.25) is 0 Å². The van der Waals surface area contributed by atoms with Crippen molar-refractivity contribution in [3.63, 3.8) is 0 Å². The van der Waals surface area contributed by atoms with Crippen LogP contribution in [0.15, 0.2) is 43.6 Å². The first-order valence-electron chi connectivity index (χ1n) is 10.1. The molecule has 0 bridgehead atoms. The predicted molar refractivity (Wildman–Crippen MR) is 121 cm³/mol. The maximum absolute atomic E-state index is 5.99. The van der Waals surface area contributed by atoms with Crippen molar-refractivity contribution in [2.45, 2.75) is 39.0 Å². The molecule has 0 saturated heterocycles. The molecule has 1 aromatic heterocycles. The second kappa shape index (κ2) is 9.43. The fourth-order valence-electron chi connectivity index (χ4n) is 3.14. The van der Waals surface area contributed by atoms with Crippen molar-refractivity contribution in [3.05, 3.63) is 60.6 Å². The van der Waals surface area contributed by atoms with Crippen molar-refractivity contribution < 1.29 is 0 Å². The number of fused-ring (bicyclic) bond motifs is 1. The Bertz CT molecular complexity index is 860. The van der Waals surface area contributed by atoms with Crippen LogP contribution in [0, 0.1) is 0 Å². The van der Waals surface area contributed by atoms with Crippen LogP contribution < -0.4 is 26.6 Å². The molecule has 29 heavy (non-hydrogen) atoms. The monoisotopic (exact) mass is 393 g/mol. The summed E-state index contributed by atoms with van der Waals surface area (Å²) in [5.41, 5.74) is 11.3. The first-order valence-corrected chi connectivity index (χ1v) is 10.1. The summed E-state index contributed by atoms with van der Waals surface area (Å²) in [6.07, 6.45) is 5.05. The molecular weight excluding hydrogens is 362 g/mol. The topological polar surface area (TPSA) is 91.1 Å². The van der Waals surface area contributed by atoms with E-state index in [1.807, 2.05) is 24.1 Å². The zero-order chi connectivity index (χ0) is 20.8. The van der Waals surface area contributed by atoms with Crippen LogP contribution in [0.5, 0.6) is 0 Å². The summed E-state index contributed by atoms with van der Waals surface area (Å²) in [7, 11) is 1.88. The molecule has 0 radical (unpaired) electrons. The minimum atomic E-state index is -0.345. The van der Waals surface area contributed by atoms with Gasteiger partial charge >= 0.3 is 0 Å². The highest BCUT2D eigenvalue weighted by Crippen LogP contribution is 2.25. The number of nitrogens with one attached hydrogen (secondary N) is 3. The van der Waals surface area contributed by atoms with Gasteiger partial charge in [-0.15, -0.1) is 0 Å². The number of nitrogens with two attached hydrogens (primary N) is 1. The molecule has 0 amide bonds. The molecule has 0 fully saturated rings. The second-order valence-corrected chi connectivity index (χ2v) is 7.26. The molecule has 7 nitrogen and oxygen atoms in total. The average Bonchev–Trinajstić information content (AvgIpc) is 2.74. The minimum absolute atomic E-state index is 0.345. The molecule has 154 valence electrons. The van der Waals surface area contributed by atoms with Crippen LogP contribution in [0.4, 0.5) is 11.5 Å². The van der Waals surface area contributed by atoms with Gasteiger partial charge in [-0.1, -0.05) is 45.1 Å². The third-order valence-electron chi connectivity index (χ3n) is 4.99. The highest BCUT2D eigenvalue weighted by molar-refractivity contribution is 5.72. The normalized spacial score (nSPS) is 15.5. The van der Waals surface area contributed by atoms with Gasteiger partial charge in [-0.3, -0.25) is 5.73 Å². The number of hydrogen-bond acceptors (Lipinski definition) is 7. The van der Waals surface area contributed by atoms with Crippen molar-refractivity contribution in [3.8, 4) is 0 Å². The van der Waals surface area contributed by atoms with E-state index in [0.29, 0.717) is 12.2 Å². The number of nitrogens with zero attached hydrogens (tertiary/aromatic N) is 3. The lowest BCUT2D eigenvalue weighted by molar-refractivity contribution is 0.583. The van der Waals surface area contributed by atoms with Crippen LogP contribution in [0.1, 0.15) is 43.1 Å². The molecule has 2 heterocycles. The van der Waals surface area contributed by atoms with Gasteiger partial charge in [0.05, 0.1) is 24.1 Å². The lowest BCUT2D eigenvalue weighted by Gasteiger charge is -2.34. The third-order valence-corrected chi connectivity index (χ3v) is 4.99. The van der Waals surface area contributed by atoms with Gasteiger partial charge in [0.15, 0.2) is 12.1 Å². The lowest BCUT2D eigenvalue weighted by atomic mass is 10.1. The van der Waals surface area contributed by atoms with Gasteiger partial charge in [0.1, 0.15) is 5.69 Å². The SMILES string of the molecule is C=C(NCCCCC)c1ccc(NCc2cnc3c(n2)C(=C)NC(N)N3C)cc1. The van der Waals surface area contributed by atoms with E-state index in [-0.39, 0.29) is 6.29 Å². The zero-order valence-corrected chi connectivity index (χ0v) is 17.3. The van der Waals surface area contributed by atoms with Gasteiger partial charge < -0.3 is 20.9 Å². The van der Waals surface area contributed by atoms with E-state index in [4.69, 9.17) is 5.73 Å². The van der Waals surface area contributed by atoms with E-state index in [2.05, 4.69) is 58.1 Å². The second-order valence-electron chi connectivity index (χ2n) is 7.26. The Kier molecular flexibility index (Phi) is 6.72. The van der Waals surface area contributed by atoms with E-state index in [0.717, 1.165) is 40.7 Å². The molecule has 1 atom stereocenters. The van der Waals surface area contributed by atoms with Gasteiger partial charge in [-0.2, -0.15) is 0 Å². The molecule has 0 aliphatic carbocycles. The quantitative estimate of drug-likeness (QED) is 0.487. The fraction of sp³-hybridized carbons (Fsp3) is 0.364. The van der Waals surface area contributed by atoms with Gasteiger partial charge in [-0.25, -0.2) is 9.97 Å². The summed E-state index contributed by atoms with van der Waals surface area (Å²) in [5, 5.41) is 9.87. The van der Waals surface area contributed by atoms with Gasteiger partial charge in [-0.05, 0) is 24.1 Å². The van der Waals surface area contributed by atoms with Gasteiger partial charge in [0, 0.05) is 25.0 Å². The molecule has 0 saturated carbocycles. The number of anilines is 2. The van der Waals surface area contributed by atoms with Crippen LogP contribution in [0.25, 0.3) is 11.4 Å². The predicted octanol–water partition coefficient (Wildman–Crippen LogP) is 3.09.